The maximum Gasteiger partial charge on any atom is 0.240 e. The molecule has 3 fully saturated rings. The Balaban J connectivity index is 1.80. The molecule has 2 saturated carbocycles. The second-order valence-electron chi connectivity index (χ2n) is 6.17. The fraction of sp³-hybridized carbons (Fsp3) is 0.929. The molecule has 0 spiro atoms. The van der Waals surface area contributed by atoms with E-state index in [9.17, 15) is 4.79 Å². The molecule has 5 atom stereocenters. The quantitative estimate of drug-likeness (QED) is 0.792. The van der Waals surface area contributed by atoms with Crippen LogP contribution >= 0.6 is 0 Å². The van der Waals surface area contributed by atoms with E-state index in [-0.39, 0.29) is 6.04 Å². The summed E-state index contributed by atoms with van der Waals surface area (Å²) in [7, 11) is 1.92. The fourth-order valence-corrected chi connectivity index (χ4v) is 4.05. The molecule has 2 aliphatic carbocycles. The molecule has 1 amide bonds. The lowest BCUT2D eigenvalue weighted by molar-refractivity contribution is -0.137. The summed E-state index contributed by atoms with van der Waals surface area (Å²) in [6.45, 7) is 2.24. The summed E-state index contributed by atoms with van der Waals surface area (Å²) in [5.74, 6) is 2.17. The first-order valence-corrected chi connectivity index (χ1v) is 7.21. The molecule has 3 aliphatic rings. The predicted octanol–water partition coefficient (Wildman–Crippen LogP) is 1.77. The molecule has 0 aromatic rings. The second-order valence-corrected chi connectivity index (χ2v) is 6.17. The van der Waals surface area contributed by atoms with Crippen LogP contribution in [-0.4, -0.2) is 36.0 Å². The van der Waals surface area contributed by atoms with Crippen molar-refractivity contribution in [2.24, 2.45) is 11.8 Å². The van der Waals surface area contributed by atoms with Crippen LogP contribution < -0.4 is 5.32 Å². The number of carbonyl (C=O) groups is 1. The van der Waals surface area contributed by atoms with E-state index in [4.69, 9.17) is 0 Å². The minimum atomic E-state index is 0.0674. The average molecular weight is 236 g/mol. The van der Waals surface area contributed by atoms with Gasteiger partial charge in [0.2, 0.25) is 5.91 Å². The summed E-state index contributed by atoms with van der Waals surface area (Å²) in [5, 5.41) is 3.20. The Morgan fingerprint density at radius 2 is 2.06 bits per heavy atom. The molecular formula is C14H24N2O. The first kappa shape index (κ1) is 11.5. The van der Waals surface area contributed by atoms with Crippen molar-refractivity contribution in [3.05, 3.63) is 0 Å². The Labute approximate surface area is 104 Å². The summed E-state index contributed by atoms with van der Waals surface area (Å²) in [5.41, 5.74) is 0. The Hall–Kier alpha value is -0.570. The number of likely N-dealkylation sites (tertiary alicyclic amines) is 1. The van der Waals surface area contributed by atoms with Gasteiger partial charge in [0.25, 0.3) is 0 Å². The zero-order chi connectivity index (χ0) is 12.0. The summed E-state index contributed by atoms with van der Waals surface area (Å²) in [6, 6.07) is 1.08. The molecule has 0 aromatic carbocycles. The molecule has 96 valence electrons. The van der Waals surface area contributed by atoms with Crippen LogP contribution in [0.4, 0.5) is 0 Å². The van der Waals surface area contributed by atoms with Gasteiger partial charge in [-0.1, -0.05) is 0 Å². The third-order valence-electron chi connectivity index (χ3n) is 5.15. The Morgan fingerprint density at radius 3 is 2.65 bits per heavy atom. The molecule has 0 radical (unpaired) electrons. The van der Waals surface area contributed by atoms with E-state index in [1.165, 1.54) is 32.1 Å². The molecule has 1 aliphatic heterocycles. The molecule has 3 heteroatoms. The highest BCUT2D eigenvalue weighted by Crippen LogP contribution is 2.54. The SMILES string of the molecule is CNC1CCCC(C)N(C2CCC3CC32)C1=O. The minimum absolute atomic E-state index is 0.0674. The first-order valence-electron chi connectivity index (χ1n) is 7.21. The van der Waals surface area contributed by atoms with Crippen molar-refractivity contribution in [1.82, 2.24) is 10.2 Å². The van der Waals surface area contributed by atoms with Crippen molar-refractivity contribution in [3.8, 4) is 0 Å². The Morgan fingerprint density at radius 1 is 1.24 bits per heavy atom. The van der Waals surface area contributed by atoms with Crippen LogP contribution in [0.25, 0.3) is 0 Å². The standard InChI is InChI=1S/C14H24N2O/c1-9-4-3-5-12(15-2)14(17)16(9)13-7-6-10-8-11(10)13/h9-13,15H,3-8H2,1-2H3. The molecule has 5 unspecified atom stereocenters. The zero-order valence-electron chi connectivity index (χ0n) is 11.0. The van der Waals surface area contributed by atoms with Gasteiger partial charge in [0.15, 0.2) is 0 Å². The van der Waals surface area contributed by atoms with E-state index in [1.807, 2.05) is 7.05 Å². The van der Waals surface area contributed by atoms with E-state index >= 15 is 0 Å². The maximum absolute atomic E-state index is 12.6. The van der Waals surface area contributed by atoms with Crippen LogP contribution in [0.1, 0.15) is 45.4 Å². The summed E-state index contributed by atoms with van der Waals surface area (Å²) in [6.07, 6.45) is 7.35. The van der Waals surface area contributed by atoms with Crippen LogP contribution in [0, 0.1) is 11.8 Å². The number of hydrogen-bond donors (Lipinski definition) is 1. The van der Waals surface area contributed by atoms with Crippen LogP contribution in [0.15, 0.2) is 0 Å². The van der Waals surface area contributed by atoms with Crippen molar-refractivity contribution in [1.29, 1.82) is 0 Å². The van der Waals surface area contributed by atoms with Crippen molar-refractivity contribution in [2.45, 2.75) is 63.6 Å². The summed E-state index contributed by atoms with van der Waals surface area (Å²) >= 11 is 0. The van der Waals surface area contributed by atoms with Crippen molar-refractivity contribution in [3.63, 3.8) is 0 Å². The lowest BCUT2D eigenvalue weighted by Crippen LogP contribution is -2.51. The van der Waals surface area contributed by atoms with Gasteiger partial charge in [0, 0.05) is 12.1 Å². The number of likely N-dealkylation sites (N-methyl/N-ethyl adjacent to an activating group) is 1. The van der Waals surface area contributed by atoms with Gasteiger partial charge < -0.3 is 10.2 Å². The topological polar surface area (TPSA) is 32.3 Å². The monoisotopic (exact) mass is 236 g/mol. The molecular weight excluding hydrogens is 212 g/mol. The van der Waals surface area contributed by atoms with Gasteiger partial charge in [-0.25, -0.2) is 0 Å². The number of hydrogen-bond acceptors (Lipinski definition) is 2. The highest BCUT2D eigenvalue weighted by Gasteiger charge is 2.52. The highest BCUT2D eigenvalue weighted by molar-refractivity contribution is 5.83. The summed E-state index contributed by atoms with van der Waals surface area (Å²) < 4.78 is 0. The third kappa shape index (κ3) is 1.88. The summed E-state index contributed by atoms with van der Waals surface area (Å²) in [4.78, 5) is 14.9. The first-order chi connectivity index (χ1) is 8.22. The third-order valence-corrected chi connectivity index (χ3v) is 5.15. The van der Waals surface area contributed by atoms with Crippen LogP contribution in [0.3, 0.4) is 0 Å². The van der Waals surface area contributed by atoms with Gasteiger partial charge in [0.1, 0.15) is 0 Å². The maximum atomic E-state index is 12.6. The number of carbonyl (C=O) groups excluding carboxylic acids is 1. The van der Waals surface area contributed by atoms with Crippen molar-refractivity contribution < 1.29 is 4.79 Å². The average Bonchev–Trinajstić information content (AvgIpc) is 3.02. The lowest BCUT2D eigenvalue weighted by atomic mass is 10.1. The van der Waals surface area contributed by atoms with Crippen LogP contribution in [-0.2, 0) is 4.79 Å². The van der Waals surface area contributed by atoms with Crippen molar-refractivity contribution in [2.75, 3.05) is 7.05 Å². The molecule has 1 heterocycles. The van der Waals surface area contributed by atoms with Gasteiger partial charge in [0.05, 0.1) is 6.04 Å². The lowest BCUT2D eigenvalue weighted by Gasteiger charge is -2.36. The van der Waals surface area contributed by atoms with E-state index in [1.54, 1.807) is 0 Å². The van der Waals surface area contributed by atoms with Gasteiger partial charge in [-0.2, -0.15) is 0 Å². The molecule has 0 aromatic heterocycles. The van der Waals surface area contributed by atoms with E-state index in [0.717, 1.165) is 18.3 Å². The highest BCUT2D eigenvalue weighted by atomic mass is 16.2. The molecule has 17 heavy (non-hydrogen) atoms. The molecule has 1 saturated heterocycles. The molecule has 1 N–H and O–H groups in total. The number of rotatable bonds is 2. The minimum Gasteiger partial charge on any atom is -0.335 e. The Kier molecular flexibility index (Phi) is 2.89. The van der Waals surface area contributed by atoms with Crippen LogP contribution in [0.2, 0.25) is 0 Å². The number of fused-ring (bicyclic) bond motifs is 1. The second kappa shape index (κ2) is 4.27. The molecule has 0 bridgehead atoms. The molecule has 3 nitrogen and oxygen atoms in total. The van der Waals surface area contributed by atoms with Gasteiger partial charge >= 0.3 is 0 Å². The predicted molar refractivity (Wildman–Crippen MR) is 67.6 cm³/mol. The normalized spacial score (nSPS) is 45.6. The number of amides is 1. The zero-order valence-corrected chi connectivity index (χ0v) is 11.0. The van der Waals surface area contributed by atoms with Gasteiger partial charge in [-0.3, -0.25) is 4.79 Å². The largest absolute Gasteiger partial charge is 0.335 e. The number of nitrogens with zero attached hydrogens (tertiary/aromatic N) is 1. The van der Waals surface area contributed by atoms with E-state index < -0.39 is 0 Å². The van der Waals surface area contributed by atoms with Gasteiger partial charge in [-0.05, 0) is 64.3 Å². The van der Waals surface area contributed by atoms with E-state index in [2.05, 4.69) is 17.1 Å². The van der Waals surface area contributed by atoms with E-state index in [0.29, 0.717) is 18.0 Å². The van der Waals surface area contributed by atoms with Crippen molar-refractivity contribution >= 4 is 5.91 Å². The fourth-order valence-electron chi connectivity index (χ4n) is 4.05. The number of nitrogens with one attached hydrogen (secondary N) is 1. The van der Waals surface area contributed by atoms with Gasteiger partial charge in [-0.15, -0.1) is 0 Å². The molecule has 3 rings (SSSR count). The smallest absolute Gasteiger partial charge is 0.240 e. The Bertz CT molecular complexity index is 317. The van der Waals surface area contributed by atoms with Crippen LogP contribution in [0.5, 0.6) is 0 Å².